The molecule has 0 fully saturated rings. The lowest BCUT2D eigenvalue weighted by Crippen LogP contribution is -2.31. The maximum atomic E-state index is 12.7. The normalized spacial score (nSPS) is 14.5. The molecule has 4 rings (SSSR count). The summed E-state index contributed by atoms with van der Waals surface area (Å²) in [7, 11) is 0. The van der Waals surface area contributed by atoms with Gasteiger partial charge in [-0.3, -0.25) is 4.79 Å². The number of hydrogen-bond donors (Lipinski definition) is 2. The van der Waals surface area contributed by atoms with Crippen LogP contribution in [0.1, 0.15) is 47.1 Å². The number of fused-ring (bicyclic) bond motifs is 1. The molecule has 35 heavy (non-hydrogen) atoms. The highest BCUT2D eigenvalue weighted by atomic mass is 32.1. The number of hydrogen-bond acceptors (Lipinski definition) is 8. The van der Waals surface area contributed by atoms with Crippen LogP contribution in [0.5, 0.6) is 5.75 Å². The van der Waals surface area contributed by atoms with Crippen LogP contribution in [0, 0.1) is 11.3 Å². The van der Waals surface area contributed by atoms with E-state index in [-0.39, 0.29) is 25.0 Å². The summed E-state index contributed by atoms with van der Waals surface area (Å²) < 4.78 is 16.1. The van der Waals surface area contributed by atoms with E-state index in [2.05, 4.69) is 21.9 Å². The predicted octanol–water partition coefficient (Wildman–Crippen LogP) is 4.36. The summed E-state index contributed by atoms with van der Waals surface area (Å²) in [6, 6.07) is 11.6. The predicted molar refractivity (Wildman–Crippen MR) is 129 cm³/mol. The molecule has 0 bridgehead atoms. The lowest BCUT2D eigenvalue weighted by atomic mass is 9.94. The Morgan fingerprint density at radius 3 is 2.94 bits per heavy atom. The van der Waals surface area contributed by atoms with Crippen LogP contribution in [0.4, 0.5) is 9.80 Å². The van der Waals surface area contributed by atoms with Crippen molar-refractivity contribution in [1.29, 1.82) is 5.26 Å². The van der Waals surface area contributed by atoms with Crippen LogP contribution in [0.2, 0.25) is 0 Å². The fraction of sp³-hybridized carbons (Fsp3) is 0.360. The number of thiophene rings is 1. The Kier molecular flexibility index (Phi) is 8.00. The number of aryl methyl sites for hydroxylation is 1. The molecule has 1 unspecified atom stereocenters. The molecular formula is C25H26N4O5S. The van der Waals surface area contributed by atoms with Gasteiger partial charge in [0.25, 0.3) is 0 Å². The van der Waals surface area contributed by atoms with Gasteiger partial charge in [0.05, 0.1) is 24.9 Å². The van der Waals surface area contributed by atoms with Crippen molar-refractivity contribution in [2.24, 2.45) is 0 Å². The van der Waals surface area contributed by atoms with Crippen LogP contribution in [0.25, 0.3) is 0 Å². The minimum Gasteiger partial charge on any atom is -0.494 e. The van der Waals surface area contributed by atoms with E-state index >= 15 is 0 Å². The zero-order chi connectivity index (χ0) is 24.6. The number of nitrogens with zero attached hydrogens (tertiary/aromatic N) is 2. The number of benzene rings is 1. The molecule has 0 aliphatic heterocycles. The standard InChI is InChI=1S/C25H26N4O5S/c1-2-32-21-6-4-3-5-16(21)7-10-23(30)29-24-20(14-26)19-9-8-17(13-22(19)35-24)33-25(31)27-15-18-11-12-28-34-18/h3-6,11-12,17H,2,7-10,13,15H2,1H3,(H,27,31)(H,29,30). The lowest BCUT2D eigenvalue weighted by molar-refractivity contribution is -0.116. The zero-order valence-electron chi connectivity index (χ0n) is 19.3. The van der Waals surface area contributed by atoms with E-state index in [1.807, 2.05) is 31.2 Å². The molecule has 2 heterocycles. The molecule has 1 atom stereocenters. The van der Waals surface area contributed by atoms with Gasteiger partial charge >= 0.3 is 6.09 Å². The first-order chi connectivity index (χ1) is 17.1. The van der Waals surface area contributed by atoms with Crippen LogP contribution in [-0.4, -0.2) is 29.9 Å². The molecule has 0 saturated carbocycles. The molecule has 2 amide bonds. The molecule has 3 aromatic rings. The maximum Gasteiger partial charge on any atom is 0.407 e. The molecule has 1 aliphatic carbocycles. The minimum atomic E-state index is -0.534. The first-order valence-corrected chi connectivity index (χ1v) is 12.3. The number of amides is 2. The quantitative estimate of drug-likeness (QED) is 0.452. The van der Waals surface area contributed by atoms with Gasteiger partial charge in [0.1, 0.15) is 22.9 Å². The molecule has 10 heteroatoms. The van der Waals surface area contributed by atoms with Crippen molar-refractivity contribution in [3.8, 4) is 11.8 Å². The van der Waals surface area contributed by atoms with Crippen molar-refractivity contribution in [2.75, 3.05) is 11.9 Å². The third kappa shape index (κ3) is 6.19. The van der Waals surface area contributed by atoms with Crippen LogP contribution in [-0.2, 0) is 35.3 Å². The zero-order valence-corrected chi connectivity index (χ0v) is 20.2. The SMILES string of the molecule is CCOc1ccccc1CCC(=O)Nc1sc2c(c1C#N)CCC(OC(=O)NCc1ccno1)C2. The summed E-state index contributed by atoms with van der Waals surface area (Å²) in [4.78, 5) is 25.8. The van der Waals surface area contributed by atoms with Crippen molar-refractivity contribution in [1.82, 2.24) is 10.5 Å². The second-order valence-corrected chi connectivity index (χ2v) is 9.12. The van der Waals surface area contributed by atoms with Crippen molar-refractivity contribution in [3.05, 3.63) is 63.9 Å². The largest absolute Gasteiger partial charge is 0.494 e. The Labute approximate surface area is 207 Å². The van der Waals surface area contributed by atoms with Gasteiger partial charge in [-0.05, 0) is 43.4 Å². The average molecular weight is 495 g/mol. The molecule has 0 saturated heterocycles. The van der Waals surface area contributed by atoms with E-state index in [9.17, 15) is 14.9 Å². The van der Waals surface area contributed by atoms with Gasteiger partial charge in [-0.15, -0.1) is 11.3 Å². The van der Waals surface area contributed by atoms with Crippen molar-refractivity contribution in [3.63, 3.8) is 0 Å². The number of anilines is 1. The number of ether oxygens (including phenoxy) is 2. The summed E-state index contributed by atoms with van der Waals surface area (Å²) in [5.74, 6) is 1.15. The van der Waals surface area contributed by atoms with E-state index in [4.69, 9.17) is 14.0 Å². The van der Waals surface area contributed by atoms with E-state index in [0.717, 1.165) is 21.8 Å². The molecule has 1 aromatic carbocycles. The first kappa shape index (κ1) is 24.3. The number of carbonyl (C=O) groups excluding carboxylic acids is 2. The molecule has 0 spiro atoms. The van der Waals surface area contributed by atoms with Crippen LogP contribution >= 0.6 is 11.3 Å². The summed E-state index contributed by atoms with van der Waals surface area (Å²) in [6.07, 6.45) is 3.19. The molecule has 1 aliphatic rings. The number of rotatable bonds is 9. The Hall–Kier alpha value is -3.84. The number of nitrogens with one attached hydrogen (secondary N) is 2. The van der Waals surface area contributed by atoms with Crippen molar-refractivity contribution >= 4 is 28.3 Å². The molecule has 2 aromatic heterocycles. The monoisotopic (exact) mass is 494 g/mol. The summed E-state index contributed by atoms with van der Waals surface area (Å²) >= 11 is 1.38. The fourth-order valence-corrected chi connectivity index (χ4v) is 5.27. The minimum absolute atomic E-state index is 0.161. The van der Waals surface area contributed by atoms with E-state index in [1.54, 1.807) is 6.07 Å². The second kappa shape index (κ2) is 11.5. The summed E-state index contributed by atoms with van der Waals surface area (Å²) in [6.45, 7) is 2.68. The Morgan fingerprint density at radius 1 is 1.31 bits per heavy atom. The van der Waals surface area contributed by atoms with Crippen molar-refractivity contribution < 1.29 is 23.6 Å². The highest BCUT2D eigenvalue weighted by Gasteiger charge is 2.28. The Bertz CT molecular complexity index is 1220. The number of carbonyl (C=O) groups is 2. The maximum absolute atomic E-state index is 12.7. The average Bonchev–Trinajstić information content (AvgIpc) is 3.49. The van der Waals surface area contributed by atoms with E-state index < -0.39 is 6.09 Å². The second-order valence-electron chi connectivity index (χ2n) is 8.01. The summed E-state index contributed by atoms with van der Waals surface area (Å²) in [5, 5.41) is 19.4. The highest BCUT2D eigenvalue weighted by molar-refractivity contribution is 7.16. The van der Waals surface area contributed by atoms with Gasteiger partial charge in [0.15, 0.2) is 5.76 Å². The van der Waals surface area contributed by atoms with Gasteiger partial charge in [-0.2, -0.15) is 5.26 Å². The highest BCUT2D eigenvalue weighted by Crippen LogP contribution is 2.38. The number of alkyl carbamates (subject to hydrolysis) is 1. The third-order valence-electron chi connectivity index (χ3n) is 5.65. The van der Waals surface area contributed by atoms with Gasteiger partial charge in [0.2, 0.25) is 5.91 Å². The Morgan fingerprint density at radius 2 is 2.17 bits per heavy atom. The van der Waals surface area contributed by atoms with E-state index in [0.29, 0.717) is 48.6 Å². The van der Waals surface area contributed by atoms with Gasteiger partial charge in [0, 0.05) is 23.8 Å². The molecular weight excluding hydrogens is 468 g/mol. The fourth-order valence-electron chi connectivity index (χ4n) is 3.99. The molecule has 9 nitrogen and oxygen atoms in total. The summed E-state index contributed by atoms with van der Waals surface area (Å²) in [5.41, 5.74) is 2.40. The smallest absolute Gasteiger partial charge is 0.407 e. The van der Waals surface area contributed by atoms with Crippen molar-refractivity contribution in [2.45, 2.75) is 51.7 Å². The number of aromatic nitrogens is 1. The van der Waals surface area contributed by atoms with Crippen LogP contribution < -0.4 is 15.4 Å². The van der Waals surface area contributed by atoms with Crippen LogP contribution in [0.3, 0.4) is 0 Å². The number of para-hydroxylation sites is 1. The van der Waals surface area contributed by atoms with Gasteiger partial charge in [-0.25, -0.2) is 4.79 Å². The van der Waals surface area contributed by atoms with Crippen LogP contribution in [0.15, 0.2) is 41.1 Å². The van der Waals surface area contributed by atoms with Gasteiger partial charge in [-0.1, -0.05) is 23.4 Å². The molecule has 2 N–H and O–H groups in total. The Balaban J connectivity index is 1.33. The molecule has 0 radical (unpaired) electrons. The van der Waals surface area contributed by atoms with E-state index in [1.165, 1.54) is 17.5 Å². The van der Waals surface area contributed by atoms with Gasteiger partial charge < -0.3 is 24.6 Å². The first-order valence-electron chi connectivity index (χ1n) is 11.5. The third-order valence-corrected chi connectivity index (χ3v) is 6.82. The number of nitriles is 1. The molecule has 182 valence electrons. The lowest BCUT2D eigenvalue weighted by Gasteiger charge is -2.22. The topological polar surface area (TPSA) is 126 Å².